The fourth-order valence-electron chi connectivity index (χ4n) is 10.8. The molecule has 0 amide bonds. The van der Waals surface area contributed by atoms with Crippen molar-refractivity contribution in [2.75, 3.05) is 0 Å². The number of para-hydroxylation sites is 3. The van der Waals surface area contributed by atoms with Gasteiger partial charge in [0.15, 0.2) is 17.5 Å². The summed E-state index contributed by atoms with van der Waals surface area (Å²) in [6.07, 6.45) is 0. The first-order chi connectivity index (χ1) is 33.7. The Balaban J connectivity index is 0.975. The molecule has 0 bridgehead atoms. The third-order valence-corrected chi connectivity index (χ3v) is 13.7. The lowest BCUT2D eigenvalue weighted by molar-refractivity contribution is 1.08. The van der Waals surface area contributed by atoms with E-state index in [4.69, 9.17) is 15.0 Å². The summed E-state index contributed by atoms with van der Waals surface area (Å²) in [4.78, 5) is 15.4. The maximum Gasteiger partial charge on any atom is 0.164 e. The molecule has 14 rings (SSSR count). The Morgan fingerprint density at radius 1 is 0.250 bits per heavy atom. The molecular weight excluding hydrogens is 827 g/mol. The third kappa shape index (κ3) is 5.86. The van der Waals surface area contributed by atoms with Crippen molar-refractivity contribution in [2.24, 2.45) is 0 Å². The monoisotopic (exact) mass is 865 g/mol. The van der Waals surface area contributed by atoms with E-state index in [0.29, 0.717) is 17.5 Å². The van der Waals surface area contributed by atoms with E-state index in [1.54, 1.807) is 0 Å². The predicted molar refractivity (Wildman–Crippen MR) is 283 cm³/mol. The summed E-state index contributed by atoms with van der Waals surface area (Å²) in [5, 5.41) is 11.9. The van der Waals surface area contributed by atoms with Crippen LogP contribution >= 0.6 is 0 Å². The predicted octanol–water partition coefficient (Wildman–Crippen LogP) is 16.2. The molecule has 0 fully saturated rings. The lowest BCUT2D eigenvalue weighted by Crippen LogP contribution is -2.01. The second-order valence-electron chi connectivity index (χ2n) is 17.5. The molecule has 3 heterocycles. The zero-order valence-corrected chi connectivity index (χ0v) is 36.8. The number of rotatable bonds is 6. The number of benzene rings is 11. The molecule has 0 radical (unpaired) electrons. The first kappa shape index (κ1) is 38.1. The van der Waals surface area contributed by atoms with Crippen molar-refractivity contribution < 1.29 is 0 Å². The molecule has 0 atom stereocenters. The Labute approximate surface area is 391 Å². The first-order valence-corrected chi connectivity index (χ1v) is 23.1. The molecule has 68 heavy (non-hydrogen) atoms. The fourth-order valence-corrected chi connectivity index (χ4v) is 10.8. The van der Waals surface area contributed by atoms with E-state index in [1.165, 1.54) is 65.4 Å². The second kappa shape index (κ2) is 15.2. The maximum atomic E-state index is 5.21. The highest BCUT2D eigenvalue weighted by atomic mass is 15.0. The quantitative estimate of drug-likeness (QED) is 0.156. The second-order valence-corrected chi connectivity index (χ2v) is 17.5. The molecule has 0 N–H and O–H groups in total. The summed E-state index contributed by atoms with van der Waals surface area (Å²) in [6.45, 7) is 0. The highest BCUT2D eigenvalue weighted by Gasteiger charge is 2.22. The Kier molecular flexibility index (Phi) is 8.52. The van der Waals surface area contributed by atoms with Crippen LogP contribution < -0.4 is 0 Å². The minimum atomic E-state index is 0.642. The van der Waals surface area contributed by atoms with E-state index in [2.05, 4.69) is 209 Å². The van der Waals surface area contributed by atoms with Crippen LogP contribution in [0.1, 0.15) is 0 Å². The van der Waals surface area contributed by atoms with E-state index in [9.17, 15) is 0 Å². The van der Waals surface area contributed by atoms with E-state index < -0.39 is 0 Å². The van der Waals surface area contributed by atoms with Gasteiger partial charge < -0.3 is 9.13 Å². The molecule has 0 aliphatic carbocycles. The van der Waals surface area contributed by atoms with Gasteiger partial charge in [0.25, 0.3) is 0 Å². The number of nitrogens with zero attached hydrogens (tertiary/aromatic N) is 5. The van der Waals surface area contributed by atoms with Crippen molar-refractivity contribution in [1.82, 2.24) is 24.1 Å². The molecular formula is C63H39N5. The summed E-state index contributed by atoms with van der Waals surface area (Å²) < 4.78 is 4.85. The summed E-state index contributed by atoms with van der Waals surface area (Å²) in [7, 11) is 0. The van der Waals surface area contributed by atoms with Gasteiger partial charge in [0.1, 0.15) is 0 Å². The van der Waals surface area contributed by atoms with E-state index in [0.717, 1.165) is 49.7 Å². The Bertz CT molecular complexity index is 4210. The molecule has 316 valence electrons. The van der Waals surface area contributed by atoms with E-state index >= 15 is 0 Å². The number of hydrogen-bond donors (Lipinski definition) is 0. The summed E-state index contributed by atoms with van der Waals surface area (Å²) in [5.74, 6) is 1.93. The molecule has 0 saturated heterocycles. The molecule has 3 aromatic heterocycles. The van der Waals surface area contributed by atoms with Crippen LogP contribution in [0.5, 0.6) is 0 Å². The summed E-state index contributed by atoms with van der Waals surface area (Å²) >= 11 is 0. The standard InChI is InChI=1S/C63H39N5/c1-4-18-40(19-5-1)61-64-62(41-20-6-2-7-21-41)66-63(65-61)51-30-16-28-48-50-29-17-33-58(60(50)49-27-11-10-26-47(49)59(48)51)68-55-32-15-13-25-46(55)53-39-43(35-37-57(53)68)42-34-36-56-52(38-42)45-24-12-14-31-54(45)67(56)44-22-8-3-9-23-44/h1-39H. The Hall–Kier alpha value is -9.19. The van der Waals surface area contributed by atoms with Crippen LogP contribution in [0.15, 0.2) is 237 Å². The summed E-state index contributed by atoms with van der Waals surface area (Å²) in [6, 6.07) is 84.7. The van der Waals surface area contributed by atoms with Crippen molar-refractivity contribution in [1.29, 1.82) is 0 Å². The largest absolute Gasteiger partial charge is 0.309 e. The van der Waals surface area contributed by atoms with Gasteiger partial charge in [0.2, 0.25) is 0 Å². The van der Waals surface area contributed by atoms with Crippen LogP contribution in [0, 0.1) is 0 Å². The number of hydrogen-bond acceptors (Lipinski definition) is 3. The van der Waals surface area contributed by atoms with Crippen LogP contribution in [-0.2, 0) is 0 Å². The van der Waals surface area contributed by atoms with Crippen LogP contribution in [-0.4, -0.2) is 24.1 Å². The van der Waals surface area contributed by atoms with E-state index in [1.807, 2.05) is 36.4 Å². The minimum Gasteiger partial charge on any atom is -0.309 e. The molecule has 0 unspecified atom stereocenters. The van der Waals surface area contributed by atoms with Crippen molar-refractivity contribution in [3.8, 4) is 56.7 Å². The minimum absolute atomic E-state index is 0.642. The molecule has 5 nitrogen and oxygen atoms in total. The van der Waals surface area contributed by atoms with Gasteiger partial charge in [-0.3, -0.25) is 0 Å². The van der Waals surface area contributed by atoms with Crippen molar-refractivity contribution >= 4 is 75.9 Å². The Morgan fingerprint density at radius 3 is 1.24 bits per heavy atom. The number of aromatic nitrogens is 5. The van der Waals surface area contributed by atoms with Crippen LogP contribution in [0.3, 0.4) is 0 Å². The topological polar surface area (TPSA) is 48.5 Å². The van der Waals surface area contributed by atoms with Gasteiger partial charge in [-0.25, -0.2) is 15.0 Å². The van der Waals surface area contributed by atoms with Crippen molar-refractivity contribution in [3.63, 3.8) is 0 Å². The molecule has 0 aliphatic rings. The smallest absolute Gasteiger partial charge is 0.164 e. The van der Waals surface area contributed by atoms with Crippen molar-refractivity contribution in [3.05, 3.63) is 237 Å². The highest BCUT2D eigenvalue weighted by Crippen LogP contribution is 2.45. The molecule has 14 aromatic rings. The van der Waals surface area contributed by atoms with Gasteiger partial charge in [-0.15, -0.1) is 0 Å². The van der Waals surface area contributed by atoms with Crippen LogP contribution in [0.25, 0.3) is 133 Å². The van der Waals surface area contributed by atoms with Crippen LogP contribution in [0.2, 0.25) is 0 Å². The third-order valence-electron chi connectivity index (χ3n) is 13.7. The zero-order chi connectivity index (χ0) is 44.7. The van der Waals surface area contributed by atoms with Gasteiger partial charge in [-0.1, -0.05) is 182 Å². The molecule has 0 spiro atoms. The van der Waals surface area contributed by atoms with Gasteiger partial charge in [0, 0.05) is 54.7 Å². The normalized spacial score (nSPS) is 11.8. The maximum absolute atomic E-state index is 5.21. The van der Waals surface area contributed by atoms with Gasteiger partial charge >= 0.3 is 0 Å². The molecule has 5 heteroatoms. The average Bonchev–Trinajstić information content (AvgIpc) is 3.93. The SMILES string of the molecule is c1ccc(-c2nc(-c3ccccc3)nc(-c3cccc4c5cccc(-n6c7ccccc7c7cc(-c8ccc9c(c8)c8ccccc8n9-c8ccccc8)ccc76)c5c5ccccc5c34)n2)cc1. The van der Waals surface area contributed by atoms with Gasteiger partial charge in [-0.2, -0.15) is 0 Å². The zero-order valence-electron chi connectivity index (χ0n) is 36.8. The van der Waals surface area contributed by atoms with E-state index in [-0.39, 0.29) is 0 Å². The average molecular weight is 866 g/mol. The molecule has 11 aromatic carbocycles. The Morgan fingerprint density at radius 2 is 0.662 bits per heavy atom. The molecule has 0 saturated carbocycles. The molecule has 0 aliphatic heterocycles. The van der Waals surface area contributed by atoms with Gasteiger partial charge in [-0.05, 0) is 87.3 Å². The van der Waals surface area contributed by atoms with Gasteiger partial charge in [0.05, 0.1) is 27.8 Å². The van der Waals surface area contributed by atoms with Crippen molar-refractivity contribution in [2.45, 2.75) is 0 Å². The first-order valence-electron chi connectivity index (χ1n) is 23.1. The van der Waals surface area contributed by atoms with Crippen LogP contribution in [0.4, 0.5) is 0 Å². The fraction of sp³-hybridized carbons (Fsp3) is 0. The highest BCUT2D eigenvalue weighted by molar-refractivity contribution is 6.30. The summed E-state index contributed by atoms with van der Waals surface area (Å²) in [5.41, 5.74) is 12.3. The number of fused-ring (bicyclic) bond motifs is 12. The lowest BCUT2D eigenvalue weighted by atomic mass is 9.90. The lowest BCUT2D eigenvalue weighted by Gasteiger charge is -2.18.